The van der Waals surface area contributed by atoms with Crippen molar-refractivity contribution < 1.29 is 23.9 Å². The highest BCUT2D eigenvalue weighted by Crippen LogP contribution is 2.24. The van der Waals surface area contributed by atoms with Crippen LogP contribution in [0.4, 0.5) is 0 Å². The third-order valence-electron chi connectivity index (χ3n) is 4.22. The summed E-state index contributed by atoms with van der Waals surface area (Å²) in [7, 11) is 3.30. The number of carbonyl (C=O) groups excluding carboxylic acids is 1. The fourth-order valence-corrected chi connectivity index (χ4v) is 3.06. The topological polar surface area (TPSA) is 49.2 Å². The Labute approximate surface area is 132 Å². The van der Waals surface area contributed by atoms with E-state index in [9.17, 15) is 4.79 Å². The lowest BCUT2D eigenvalue weighted by molar-refractivity contribution is -0.935. The first kappa shape index (κ1) is 16.6. The van der Waals surface area contributed by atoms with E-state index >= 15 is 0 Å². The van der Waals surface area contributed by atoms with Crippen LogP contribution in [-0.4, -0.2) is 39.4 Å². The van der Waals surface area contributed by atoms with Gasteiger partial charge < -0.3 is 19.1 Å². The van der Waals surface area contributed by atoms with Gasteiger partial charge in [0.25, 0.3) is 0 Å². The third-order valence-corrected chi connectivity index (χ3v) is 4.22. The maximum Gasteiger partial charge on any atom is 0.364 e. The lowest BCUT2D eigenvalue weighted by Gasteiger charge is -2.31. The molecule has 1 unspecified atom stereocenters. The van der Waals surface area contributed by atoms with E-state index < -0.39 is 0 Å². The molecule has 22 heavy (non-hydrogen) atoms. The molecule has 0 aromatic heterocycles. The van der Waals surface area contributed by atoms with Crippen LogP contribution in [0.5, 0.6) is 11.5 Å². The van der Waals surface area contributed by atoms with E-state index in [0.29, 0.717) is 6.61 Å². The van der Waals surface area contributed by atoms with E-state index in [0.717, 1.165) is 49.4 Å². The van der Waals surface area contributed by atoms with Gasteiger partial charge in [-0.2, -0.15) is 0 Å². The molecular formula is C17H26NO4+. The van der Waals surface area contributed by atoms with E-state index in [2.05, 4.69) is 0 Å². The van der Waals surface area contributed by atoms with Gasteiger partial charge in [0.15, 0.2) is 6.04 Å². The zero-order valence-electron chi connectivity index (χ0n) is 13.7. The maximum atomic E-state index is 12.2. The normalized spacial score (nSPS) is 21.2. The molecule has 1 N–H and O–H groups in total. The summed E-state index contributed by atoms with van der Waals surface area (Å²) in [6.07, 6.45) is 3.13. The molecule has 1 saturated heterocycles. The number of benzene rings is 1. The molecule has 5 nitrogen and oxygen atoms in total. The van der Waals surface area contributed by atoms with Crippen LogP contribution in [0.3, 0.4) is 0 Å². The molecule has 1 aromatic carbocycles. The van der Waals surface area contributed by atoms with E-state index in [-0.39, 0.29) is 12.0 Å². The van der Waals surface area contributed by atoms with Crippen molar-refractivity contribution in [2.24, 2.45) is 0 Å². The first-order valence-corrected chi connectivity index (χ1v) is 7.91. The molecule has 2 atom stereocenters. The molecule has 122 valence electrons. The molecule has 1 fully saturated rings. The molecule has 1 aliphatic rings. The molecule has 0 spiro atoms. The van der Waals surface area contributed by atoms with E-state index in [1.165, 1.54) is 4.90 Å². The van der Waals surface area contributed by atoms with Crippen molar-refractivity contribution in [1.29, 1.82) is 0 Å². The van der Waals surface area contributed by atoms with Crippen LogP contribution in [0.25, 0.3) is 0 Å². The van der Waals surface area contributed by atoms with E-state index in [1.807, 2.05) is 25.1 Å². The van der Waals surface area contributed by atoms with Crippen molar-refractivity contribution in [3.8, 4) is 11.5 Å². The number of carbonyl (C=O) groups is 1. The zero-order chi connectivity index (χ0) is 15.9. The summed E-state index contributed by atoms with van der Waals surface area (Å²) in [4.78, 5) is 13.4. The second-order valence-electron chi connectivity index (χ2n) is 5.56. The number of methoxy groups -OCH3 is 2. The van der Waals surface area contributed by atoms with Gasteiger partial charge in [-0.3, -0.25) is 0 Å². The summed E-state index contributed by atoms with van der Waals surface area (Å²) in [5.74, 6) is 1.50. The Balaban J connectivity index is 2.14. The zero-order valence-corrected chi connectivity index (χ0v) is 13.7. The first-order chi connectivity index (χ1) is 10.7. The molecular weight excluding hydrogens is 282 g/mol. The van der Waals surface area contributed by atoms with Crippen molar-refractivity contribution >= 4 is 5.97 Å². The Bertz CT molecular complexity index is 503. The van der Waals surface area contributed by atoms with Crippen molar-refractivity contribution in [1.82, 2.24) is 0 Å². The van der Waals surface area contributed by atoms with Crippen LogP contribution in [0.1, 0.15) is 31.7 Å². The lowest BCUT2D eigenvalue weighted by atomic mass is 10.0. The molecule has 1 heterocycles. The maximum absolute atomic E-state index is 12.2. The smallest absolute Gasteiger partial charge is 0.364 e. The Hall–Kier alpha value is -1.75. The number of piperidine rings is 1. The number of hydrogen-bond donors (Lipinski definition) is 1. The Morgan fingerprint density at radius 3 is 2.77 bits per heavy atom. The average Bonchev–Trinajstić information content (AvgIpc) is 2.56. The van der Waals surface area contributed by atoms with Crippen LogP contribution in [0.15, 0.2) is 18.2 Å². The first-order valence-electron chi connectivity index (χ1n) is 7.91. The fourth-order valence-electron chi connectivity index (χ4n) is 3.06. The van der Waals surface area contributed by atoms with Crippen molar-refractivity contribution in [3.63, 3.8) is 0 Å². The molecule has 1 aliphatic heterocycles. The number of quaternary nitrogens is 1. The Morgan fingerprint density at radius 1 is 1.27 bits per heavy atom. The molecule has 0 bridgehead atoms. The number of rotatable bonds is 6. The quantitative estimate of drug-likeness (QED) is 0.803. The lowest BCUT2D eigenvalue weighted by Crippen LogP contribution is -3.16. The van der Waals surface area contributed by atoms with Gasteiger partial charge in [-0.1, -0.05) is 0 Å². The van der Waals surface area contributed by atoms with Gasteiger partial charge in [0.2, 0.25) is 0 Å². The predicted octanol–water partition coefficient (Wildman–Crippen LogP) is 1.20. The second-order valence-corrected chi connectivity index (χ2v) is 5.56. The molecule has 2 rings (SSSR count). The van der Waals surface area contributed by atoms with Crippen LogP contribution in [0, 0.1) is 0 Å². The van der Waals surface area contributed by atoms with Crippen LogP contribution >= 0.6 is 0 Å². The van der Waals surface area contributed by atoms with E-state index in [4.69, 9.17) is 14.2 Å². The fraction of sp³-hybridized carbons (Fsp3) is 0.588. The summed E-state index contributed by atoms with van der Waals surface area (Å²) < 4.78 is 15.9. The van der Waals surface area contributed by atoms with Crippen LogP contribution < -0.4 is 14.4 Å². The highest BCUT2D eigenvalue weighted by Gasteiger charge is 2.34. The minimum absolute atomic E-state index is 0.0690. The molecule has 0 aliphatic carbocycles. The summed E-state index contributed by atoms with van der Waals surface area (Å²) in [5, 5.41) is 0. The number of nitrogens with one attached hydrogen (secondary N) is 1. The highest BCUT2D eigenvalue weighted by molar-refractivity contribution is 5.74. The van der Waals surface area contributed by atoms with Gasteiger partial charge in [-0.05, 0) is 31.9 Å². The standard InChI is InChI=1S/C17H25NO4/c1-4-22-17(19)15-7-5-6-10-18(15)12-13-8-9-14(20-2)11-16(13)21-3/h8-9,11,15H,4-7,10,12H2,1-3H3/p+1/t15-/m1/s1. The van der Waals surface area contributed by atoms with E-state index in [1.54, 1.807) is 14.2 Å². The monoisotopic (exact) mass is 308 g/mol. The minimum Gasteiger partial charge on any atom is -0.497 e. The summed E-state index contributed by atoms with van der Waals surface area (Å²) in [6, 6.07) is 5.76. The summed E-state index contributed by atoms with van der Waals surface area (Å²) >= 11 is 0. The highest BCUT2D eigenvalue weighted by atomic mass is 16.5. The molecule has 0 amide bonds. The minimum atomic E-state index is -0.0790. The van der Waals surface area contributed by atoms with Crippen molar-refractivity contribution in [3.05, 3.63) is 23.8 Å². The van der Waals surface area contributed by atoms with Crippen molar-refractivity contribution in [2.75, 3.05) is 27.4 Å². The average molecular weight is 308 g/mol. The van der Waals surface area contributed by atoms with Gasteiger partial charge in [0.05, 0.1) is 27.4 Å². The summed E-state index contributed by atoms with van der Waals surface area (Å²) in [6.45, 7) is 4.04. The van der Waals surface area contributed by atoms with Gasteiger partial charge in [0, 0.05) is 18.1 Å². The second kappa shape index (κ2) is 8.03. The van der Waals surface area contributed by atoms with Gasteiger partial charge in [-0.25, -0.2) is 4.79 Å². The number of esters is 1. The molecule has 5 heteroatoms. The molecule has 0 radical (unpaired) electrons. The number of hydrogen-bond acceptors (Lipinski definition) is 4. The van der Waals surface area contributed by atoms with Crippen molar-refractivity contribution in [2.45, 2.75) is 38.8 Å². The van der Waals surface area contributed by atoms with Gasteiger partial charge in [-0.15, -0.1) is 0 Å². The summed E-state index contributed by atoms with van der Waals surface area (Å²) in [5.41, 5.74) is 1.09. The number of likely N-dealkylation sites (tertiary alicyclic amines) is 1. The Kier molecular flexibility index (Phi) is 6.07. The Morgan fingerprint density at radius 2 is 2.09 bits per heavy atom. The van der Waals surface area contributed by atoms with Gasteiger partial charge in [0.1, 0.15) is 18.0 Å². The third kappa shape index (κ3) is 3.91. The predicted molar refractivity (Wildman–Crippen MR) is 83.4 cm³/mol. The molecule has 0 saturated carbocycles. The largest absolute Gasteiger partial charge is 0.497 e. The SMILES string of the molecule is CCOC(=O)[C@H]1CCCC[NH+]1Cc1ccc(OC)cc1OC. The molecule has 1 aromatic rings. The van der Waals surface area contributed by atoms with Crippen LogP contribution in [0.2, 0.25) is 0 Å². The van der Waals surface area contributed by atoms with Gasteiger partial charge >= 0.3 is 5.97 Å². The number of ether oxygens (including phenoxy) is 3. The van der Waals surface area contributed by atoms with Crippen LogP contribution in [-0.2, 0) is 16.1 Å².